The van der Waals surface area contributed by atoms with Crippen molar-refractivity contribution in [2.24, 2.45) is 0 Å². The van der Waals surface area contributed by atoms with Gasteiger partial charge in [-0.1, -0.05) is 24.3 Å². The van der Waals surface area contributed by atoms with E-state index in [1.165, 1.54) is 14.2 Å². The van der Waals surface area contributed by atoms with Crippen molar-refractivity contribution in [1.82, 2.24) is 4.98 Å². The van der Waals surface area contributed by atoms with Gasteiger partial charge < -0.3 is 24.8 Å². The van der Waals surface area contributed by atoms with E-state index in [0.29, 0.717) is 29.4 Å². The van der Waals surface area contributed by atoms with E-state index >= 15 is 0 Å². The Morgan fingerprint density at radius 3 is 2.14 bits per heavy atom. The van der Waals surface area contributed by atoms with Crippen LogP contribution >= 0.6 is 0 Å². The van der Waals surface area contributed by atoms with E-state index in [2.05, 4.69) is 15.6 Å². The van der Waals surface area contributed by atoms with E-state index in [1.807, 2.05) is 30.3 Å². The van der Waals surface area contributed by atoms with Crippen molar-refractivity contribution in [3.63, 3.8) is 0 Å². The number of anilines is 2. The number of amides is 1. The SMILES string of the molecule is COc1ccccc1CNc1ccc(NC(=O)c2c(OC)cccc2OC)nc1. The molecular formula is C22H23N3O4. The molecule has 7 heteroatoms. The lowest BCUT2D eigenvalue weighted by atomic mass is 10.1. The summed E-state index contributed by atoms with van der Waals surface area (Å²) in [5.41, 5.74) is 2.18. The molecule has 0 unspecified atom stereocenters. The van der Waals surface area contributed by atoms with E-state index in [9.17, 15) is 4.79 Å². The van der Waals surface area contributed by atoms with E-state index in [0.717, 1.165) is 17.0 Å². The van der Waals surface area contributed by atoms with Crippen molar-refractivity contribution in [2.45, 2.75) is 6.54 Å². The molecule has 0 saturated heterocycles. The van der Waals surface area contributed by atoms with Gasteiger partial charge in [-0.3, -0.25) is 4.79 Å². The topological polar surface area (TPSA) is 81.7 Å². The Morgan fingerprint density at radius 2 is 1.52 bits per heavy atom. The highest BCUT2D eigenvalue weighted by molar-refractivity contribution is 6.07. The standard InChI is InChI=1S/C22H23N3O4/c1-27-17-8-5-4-7-15(17)13-23-16-11-12-20(24-14-16)25-22(26)21-18(28-2)9-6-10-19(21)29-3/h4-12,14,23H,13H2,1-3H3,(H,24,25,26). The number of benzene rings is 2. The van der Waals surface area contributed by atoms with Crippen LogP contribution in [0.15, 0.2) is 60.8 Å². The lowest BCUT2D eigenvalue weighted by Crippen LogP contribution is -2.15. The summed E-state index contributed by atoms with van der Waals surface area (Å²) in [4.78, 5) is 17.0. The molecule has 2 aromatic carbocycles. The zero-order valence-corrected chi connectivity index (χ0v) is 16.6. The summed E-state index contributed by atoms with van der Waals surface area (Å²) in [6, 6.07) is 16.5. The van der Waals surface area contributed by atoms with Crippen LogP contribution in [0.25, 0.3) is 0 Å². The third-order valence-electron chi connectivity index (χ3n) is 4.34. The quantitative estimate of drug-likeness (QED) is 0.603. The Balaban J connectivity index is 1.67. The van der Waals surface area contributed by atoms with E-state index in [4.69, 9.17) is 14.2 Å². The average Bonchev–Trinajstić information content (AvgIpc) is 2.78. The van der Waals surface area contributed by atoms with Crippen LogP contribution in [-0.4, -0.2) is 32.2 Å². The highest BCUT2D eigenvalue weighted by atomic mass is 16.5. The summed E-state index contributed by atoms with van der Waals surface area (Å²) in [5.74, 6) is 1.74. The number of carbonyl (C=O) groups is 1. The van der Waals surface area contributed by atoms with Crippen LogP contribution in [0.1, 0.15) is 15.9 Å². The highest BCUT2D eigenvalue weighted by Gasteiger charge is 2.18. The minimum absolute atomic E-state index is 0.317. The first-order valence-electron chi connectivity index (χ1n) is 9.00. The Labute approximate surface area is 169 Å². The fourth-order valence-electron chi connectivity index (χ4n) is 2.87. The molecule has 0 aliphatic carbocycles. The number of methoxy groups -OCH3 is 3. The van der Waals surface area contributed by atoms with Crippen molar-refractivity contribution < 1.29 is 19.0 Å². The first kappa shape index (κ1) is 20.0. The molecule has 0 radical (unpaired) electrons. The minimum atomic E-state index is -0.360. The maximum Gasteiger partial charge on any atom is 0.264 e. The van der Waals surface area contributed by atoms with Gasteiger partial charge in [0.15, 0.2) is 0 Å². The Kier molecular flexibility index (Phi) is 6.52. The van der Waals surface area contributed by atoms with Crippen LogP contribution in [0.3, 0.4) is 0 Å². The Morgan fingerprint density at radius 1 is 0.862 bits per heavy atom. The third-order valence-corrected chi connectivity index (χ3v) is 4.34. The second kappa shape index (κ2) is 9.45. The van der Waals surface area contributed by atoms with Crippen LogP contribution < -0.4 is 24.8 Å². The molecule has 0 bridgehead atoms. The van der Waals surface area contributed by atoms with Gasteiger partial charge in [0, 0.05) is 12.1 Å². The zero-order valence-electron chi connectivity index (χ0n) is 16.6. The lowest BCUT2D eigenvalue weighted by molar-refractivity contribution is 0.102. The number of nitrogens with zero attached hydrogens (tertiary/aromatic N) is 1. The molecule has 3 aromatic rings. The van der Waals surface area contributed by atoms with Crippen molar-refractivity contribution in [3.8, 4) is 17.2 Å². The molecule has 1 heterocycles. The molecular weight excluding hydrogens is 370 g/mol. The summed E-state index contributed by atoms with van der Waals surface area (Å²) in [6.07, 6.45) is 1.66. The van der Waals surface area contributed by atoms with Gasteiger partial charge in [-0.2, -0.15) is 0 Å². The summed E-state index contributed by atoms with van der Waals surface area (Å²) < 4.78 is 15.9. The number of ether oxygens (including phenoxy) is 3. The van der Waals surface area contributed by atoms with Crippen molar-refractivity contribution >= 4 is 17.4 Å². The second-order valence-electron chi connectivity index (χ2n) is 6.09. The molecule has 7 nitrogen and oxygen atoms in total. The monoisotopic (exact) mass is 393 g/mol. The van der Waals surface area contributed by atoms with Gasteiger partial charge in [0.25, 0.3) is 5.91 Å². The van der Waals surface area contributed by atoms with Gasteiger partial charge in [0.1, 0.15) is 28.6 Å². The summed E-state index contributed by atoms with van der Waals surface area (Å²) >= 11 is 0. The van der Waals surface area contributed by atoms with E-state index in [-0.39, 0.29) is 5.91 Å². The number of aromatic nitrogens is 1. The Hall–Kier alpha value is -3.74. The largest absolute Gasteiger partial charge is 0.496 e. The van der Waals surface area contributed by atoms with Crippen LogP contribution in [0.5, 0.6) is 17.2 Å². The normalized spacial score (nSPS) is 10.2. The smallest absolute Gasteiger partial charge is 0.264 e. The number of nitrogens with one attached hydrogen (secondary N) is 2. The van der Waals surface area contributed by atoms with Crippen molar-refractivity contribution in [1.29, 1.82) is 0 Å². The fraction of sp³-hybridized carbons (Fsp3) is 0.182. The third kappa shape index (κ3) is 4.76. The van der Waals surface area contributed by atoms with Crippen LogP contribution in [0, 0.1) is 0 Å². The predicted molar refractivity (Wildman–Crippen MR) is 112 cm³/mol. The average molecular weight is 393 g/mol. The number of hydrogen-bond acceptors (Lipinski definition) is 6. The van der Waals surface area contributed by atoms with Crippen molar-refractivity contribution in [2.75, 3.05) is 32.0 Å². The molecule has 1 amide bonds. The van der Waals surface area contributed by atoms with Crippen LogP contribution in [0.4, 0.5) is 11.5 Å². The van der Waals surface area contributed by atoms with Gasteiger partial charge in [-0.05, 0) is 30.3 Å². The zero-order chi connectivity index (χ0) is 20.6. The van der Waals surface area contributed by atoms with Gasteiger partial charge in [0.2, 0.25) is 0 Å². The van der Waals surface area contributed by atoms with E-state index < -0.39 is 0 Å². The molecule has 150 valence electrons. The maximum absolute atomic E-state index is 12.7. The van der Waals surface area contributed by atoms with Crippen LogP contribution in [0.2, 0.25) is 0 Å². The molecule has 0 aliphatic heterocycles. The molecule has 29 heavy (non-hydrogen) atoms. The molecule has 0 atom stereocenters. The number of carbonyl (C=O) groups excluding carboxylic acids is 1. The number of pyridine rings is 1. The molecule has 0 fully saturated rings. The van der Waals surface area contributed by atoms with Gasteiger partial charge >= 0.3 is 0 Å². The lowest BCUT2D eigenvalue weighted by Gasteiger charge is -2.13. The number of para-hydroxylation sites is 1. The maximum atomic E-state index is 12.7. The Bertz CT molecular complexity index is 952. The molecule has 3 rings (SSSR count). The fourth-order valence-corrected chi connectivity index (χ4v) is 2.87. The second-order valence-corrected chi connectivity index (χ2v) is 6.09. The number of rotatable bonds is 8. The van der Waals surface area contributed by atoms with Crippen molar-refractivity contribution in [3.05, 3.63) is 71.9 Å². The first-order valence-corrected chi connectivity index (χ1v) is 9.00. The highest BCUT2D eigenvalue weighted by Crippen LogP contribution is 2.29. The molecule has 1 aromatic heterocycles. The summed E-state index contributed by atoms with van der Waals surface area (Å²) in [6.45, 7) is 0.593. The summed E-state index contributed by atoms with van der Waals surface area (Å²) in [7, 11) is 4.66. The van der Waals surface area contributed by atoms with Gasteiger partial charge in [-0.25, -0.2) is 4.98 Å². The first-order chi connectivity index (χ1) is 14.2. The van der Waals surface area contributed by atoms with Gasteiger partial charge in [0.05, 0.1) is 33.2 Å². The molecule has 0 spiro atoms. The molecule has 2 N–H and O–H groups in total. The summed E-state index contributed by atoms with van der Waals surface area (Å²) in [5, 5.41) is 6.06. The van der Waals surface area contributed by atoms with Crippen LogP contribution in [-0.2, 0) is 6.54 Å². The number of hydrogen-bond donors (Lipinski definition) is 2. The molecule has 0 saturated carbocycles. The van der Waals surface area contributed by atoms with Gasteiger partial charge in [-0.15, -0.1) is 0 Å². The minimum Gasteiger partial charge on any atom is -0.496 e. The predicted octanol–water partition coefficient (Wildman–Crippen LogP) is 3.97. The molecule has 0 aliphatic rings. The van der Waals surface area contributed by atoms with E-state index in [1.54, 1.807) is 37.6 Å².